The van der Waals surface area contributed by atoms with Crippen LogP contribution in [0, 0.1) is 0 Å². The fraction of sp³-hybridized carbons (Fsp3) is 0.800. The van der Waals surface area contributed by atoms with Gasteiger partial charge in [-0.15, -0.1) is 0 Å². The highest BCUT2D eigenvalue weighted by atomic mass is 16.6. The molecule has 92 valence electrons. The van der Waals surface area contributed by atoms with E-state index in [1.54, 1.807) is 6.92 Å². The normalized spacial score (nSPS) is 18.3. The van der Waals surface area contributed by atoms with E-state index in [0.29, 0.717) is 0 Å². The van der Waals surface area contributed by atoms with Crippen molar-refractivity contribution in [3.63, 3.8) is 0 Å². The highest BCUT2D eigenvalue weighted by Crippen LogP contribution is 2.17. The first-order chi connectivity index (χ1) is 7.59. The summed E-state index contributed by atoms with van der Waals surface area (Å²) in [4.78, 5) is 26.7. The molecule has 0 spiro atoms. The number of amides is 2. The van der Waals surface area contributed by atoms with Crippen LogP contribution in [0.2, 0.25) is 0 Å². The zero-order chi connectivity index (χ0) is 12.0. The van der Waals surface area contributed by atoms with Crippen LogP contribution < -0.4 is 16.5 Å². The smallest absolute Gasteiger partial charge is 0.245 e. The Morgan fingerprint density at radius 3 is 2.62 bits per heavy atom. The molecular weight excluding hydrogens is 210 g/mol. The van der Waals surface area contributed by atoms with Crippen LogP contribution in [-0.2, 0) is 14.4 Å². The van der Waals surface area contributed by atoms with Gasteiger partial charge in [0.15, 0.2) is 0 Å². The number of nitrogens with two attached hydrogens (primary N) is 1. The average molecular weight is 229 g/mol. The maximum atomic E-state index is 11.6. The van der Waals surface area contributed by atoms with Crippen molar-refractivity contribution in [3.05, 3.63) is 0 Å². The maximum absolute atomic E-state index is 11.6. The van der Waals surface area contributed by atoms with Crippen molar-refractivity contribution in [1.29, 1.82) is 0 Å². The molecule has 0 radical (unpaired) electrons. The topological polar surface area (TPSA) is 93.4 Å². The number of carbonyl (C=O) groups excluding carboxylic acids is 2. The average Bonchev–Trinajstić information content (AvgIpc) is 2.69. The number of hydrogen-bond acceptors (Lipinski definition) is 4. The van der Waals surface area contributed by atoms with Gasteiger partial charge in [-0.05, 0) is 19.8 Å². The molecule has 1 unspecified atom stereocenters. The summed E-state index contributed by atoms with van der Waals surface area (Å²) < 4.78 is 0. The molecule has 1 rings (SSSR count). The van der Waals surface area contributed by atoms with E-state index >= 15 is 0 Å². The van der Waals surface area contributed by atoms with Crippen LogP contribution in [0.3, 0.4) is 0 Å². The Morgan fingerprint density at radius 2 is 2.06 bits per heavy atom. The predicted molar refractivity (Wildman–Crippen MR) is 58.1 cm³/mol. The lowest BCUT2D eigenvalue weighted by Crippen LogP contribution is -2.46. The van der Waals surface area contributed by atoms with Gasteiger partial charge in [-0.25, -0.2) is 0 Å². The number of hydrogen-bond donors (Lipinski definition) is 3. The SMILES string of the molecule is CC(NOCC(N)=O)C(=O)NC1CCCC1. The number of primary amides is 1. The van der Waals surface area contributed by atoms with Gasteiger partial charge in [0.25, 0.3) is 0 Å². The van der Waals surface area contributed by atoms with Gasteiger partial charge in [0, 0.05) is 6.04 Å². The van der Waals surface area contributed by atoms with Gasteiger partial charge in [0.05, 0.1) is 0 Å². The Morgan fingerprint density at radius 1 is 1.44 bits per heavy atom. The molecule has 0 heterocycles. The predicted octanol–water partition coefficient (Wildman–Crippen LogP) is -0.560. The molecule has 4 N–H and O–H groups in total. The highest BCUT2D eigenvalue weighted by molar-refractivity contribution is 5.81. The Labute approximate surface area is 94.8 Å². The first-order valence-electron chi connectivity index (χ1n) is 5.55. The molecule has 1 aliphatic rings. The van der Waals surface area contributed by atoms with Crippen LogP contribution in [0.1, 0.15) is 32.6 Å². The third kappa shape index (κ3) is 4.59. The number of carbonyl (C=O) groups is 2. The monoisotopic (exact) mass is 229 g/mol. The van der Waals surface area contributed by atoms with Crippen LogP contribution in [0.4, 0.5) is 0 Å². The second-order valence-corrected chi connectivity index (χ2v) is 4.08. The van der Waals surface area contributed by atoms with Crippen molar-refractivity contribution >= 4 is 11.8 Å². The van der Waals surface area contributed by atoms with Gasteiger partial charge < -0.3 is 11.1 Å². The highest BCUT2D eigenvalue weighted by Gasteiger charge is 2.20. The fourth-order valence-electron chi connectivity index (χ4n) is 1.69. The molecule has 0 aromatic carbocycles. The minimum absolute atomic E-state index is 0.114. The molecule has 6 nitrogen and oxygen atoms in total. The maximum Gasteiger partial charge on any atom is 0.245 e. The van der Waals surface area contributed by atoms with E-state index in [2.05, 4.69) is 10.8 Å². The van der Waals surface area contributed by atoms with E-state index in [4.69, 9.17) is 10.6 Å². The van der Waals surface area contributed by atoms with Crippen molar-refractivity contribution in [2.75, 3.05) is 6.61 Å². The molecule has 1 aliphatic carbocycles. The van der Waals surface area contributed by atoms with E-state index in [0.717, 1.165) is 12.8 Å². The molecule has 16 heavy (non-hydrogen) atoms. The van der Waals surface area contributed by atoms with Crippen LogP contribution in [-0.4, -0.2) is 30.5 Å². The van der Waals surface area contributed by atoms with Gasteiger partial charge in [0.2, 0.25) is 11.8 Å². The second kappa shape index (κ2) is 6.44. The summed E-state index contributed by atoms with van der Waals surface area (Å²) in [6.07, 6.45) is 4.43. The first kappa shape index (κ1) is 12.9. The van der Waals surface area contributed by atoms with Crippen LogP contribution in [0.15, 0.2) is 0 Å². The van der Waals surface area contributed by atoms with Crippen LogP contribution in [0.25, 0.3) is 0 Å². The zero-order valence-electron chi connectivity index (χ0n) is 9.49. The largest absolute Gasteiger partial charge is 0.368 e. The van der Waals surface area contributed by atoms with Gasteiger partial charge in [-0.1, -0.05) is 12.8 Å². The van der Waals surface area contributed by atoms with E-state index in [1.807, 2.05) is 0 Å². The van der Waals surface area contributed by atoms with Crippen molar-refractivity contribution in [2.24, 2.45) is 5.73 Å². The zero-order valence-corrected chi connectivity index (χ0v) is 9.49. The Balaban J connectivity index is 2.16. The summed E-state index contributed by atoms with van der Waals surface area (Å²) in [6.45, 7) is 1.44. The van der Waals surface area contributed by atoms with Gasteiger partial charge >= 0.3 is 0 Å². The lowest BCUT2D eigenvalue weighted by molar-refractivity contribution is -0.133. The molecule has 0 aromatic rings. The standard InChI is InChI=1S/C10H19N3O3/c1-7(13-16-6-9(11)14)10(15)12-8-4-2-3-5-8/h7-8,13H,2-6H2,1H3,(H2,11,14)(H,12,15). The molecule has 6 heteroatoms. The van der Waals surface area contributed by atoms with Gasteiger partial charge in [0.1, 0.15) is 12.6 Å². The number of nitrogens with one attached hydrogen (secondary N) is 2. The number of rotatable bonds is 6. The Bertz CT molecular complexity index is 252. The van der Waals surface area contributed by atoms with E-state index < -0.39 is 11.9 Å². The molecule has 0 bridgehead atoms. The summed E-state index contributed by atoms with van der Waals surface area (Å²) in [5, 5.41) is 2.92. The fourth-order valence-corrected chi connectivity index (χ4v) is 1.69. The van der Waals surface area contributed by atoms with E-state index in [-0.39, 0.29) is 18.6 Å². The summed E-state index contributed by atoms with van der Waals surface area (Å²) in [7, 11) is 0. The number of hydroxylamine groups is 1. The first-order valence-corrected chi connectivity index (χ1v) is 5.55. The molecule has 0 saturated heterocycles. The van der Waals surface area contributed by atoms with Crippen molar-refractivity contribution < 1.29 is 14.4 Å². The van der Waals surface area contributed by atoms with Gasteiger partial charge in [-0.2, -0.15) is 5.48 Å². The van der Waals surface area contributed by atoms with Crippen molar-refractivity contribution in [2.45, 2.75) is 44.7 Å². The second-order valence-electron chi connectivity index (χ2n) is 4.08. The van der Waals surface area contributed by atoms with E-state index in [9.17, 15) is 9.59 Å². The summed E-state index contributed by atoms with van der Waals surface area (Å²) in [5.41, 5.74) is 7.36. The van der Waals surface area contributed by atoms with Crippen LogP contribution in [0.5, 0.6) is 0 Å². The minimum Gasteiger partial charge on any atom is -0.368 e. The molecule has 1 fully saturated rings. The molecular formula is C10H19N3O3. The van der Waals surface area contributed by atoms with Crippen molar-refractivity contribution in [3.8, 4) is 0 Å². The minimum atomic E-state index is -0.573. The summed E-state index contributed by atoms with van der Waals surface area (Å²) >= 11 is 0. The van der Waals surface area contributed by atoms with Crippen LogP contribution >= 0.6 is 0 Å². The van der Waals surface area contributed by atoms with E-state index in [1.165, 1.54) is 12.8 Å². The molecule has 2 amide bonds. The Kier molecular flexibility index (Phi) is 5.21. The molecule has 1 saturated carbocycles. The lowest BCUT2D eigenvalue weighted by Gasteiger charge is -2.17. The molecule has 1 atom stereocenters. The third-order valence-corrected chi connectivity index (χ3v) is 2.57. The summed E-state index contributed by atoms with van der Waals surface area (Å²) in [5.74, 6) is -0.688. The quantitative estimate of drug-likeness (QED) is 0.532. The lowest BCUT2D eigenvalue weighted by atomic mass is 10.2. The Hall–Kier alpha value is -1.14. The molecule has 0 aromatic heterocycles. The van der Waals surface area contributed by atoms with Gasteiger partial charge in [-0.3, -0.25) is 14.4 Å². The van der Waals surface area contributed by atoms with Crippen molar-refractivity contribution in [1.82, 2.24) is 10.8 Å². The molecule has 0 aliphatic heterocycles. The summed E-state index contributed by atoms with van der Waals surface area (Å²) in [6, 6.07) is -0.201. The third-order valence-electron chi connectivity index (χ3n) is 2.57.